The van der Waals surface area contributed by atoms with E-state index in [0.29, 0.717) is 28.4 Å². The van der Waals surface area contributed by atoms with Crippen LogP contribution in [-0.4, -0.2) is 41.0 Å². The second kappa shape index (κ2) is 7.62. The molecule has 2 aromatic rings. The molecular formula is C19H16ClN3O3S2. The lowest BCUT2D eigenvalue weighted by molar-refractivity contribution is -0.117. The van der Waals surface area contributed by atoms with Crippen molar-refractivity contribution in [1.29, 1.82) is 0 Å². The van der Waals surface area contributed by atoms with Gasteiger partial charge in [-0.25, -0.2) is 9.78 Å². The highest BCUT2D eigenvalue weighted by atomic mass is 35.5. The molecule has 1 aliphatic carbocycles. The molecule has 1 saturated heterocycles. The topological polar surface area (TPSA) is 71.5 Å². The van der Waals surface area contributed by atoms with Crippen molar-refractivity contribution in [2.75, 3.05) is 18.0 Å². The van der Waals surface area contributed by atoms with Crippen LogP contribution in [0.4, 0.5) is 9.80 Å². The zero-order chi connectivity index (χ0) is 19.8. The van der Waals surface area contributed by atoms with Gasteiger partial charge in [0.25, 0.3) is 5.91 Å². The molecule has 0 unspecified atom stereocenters. The first kappa shape index (κ1) is 19.0. The molecule has 2 aliphatic rings. The monoisotopic (exact) mass is 433 g/mol. The molecule has 1 atom stereocenters. The number of ether oxygens (including phenoxy) is 1. The largest absolute Gasteiger partial charge is 0.442 e. The molecule has 0 bridgehead atoms. The van der Waals surface area contributed by atoms with Crippen LogP contribution < -0.4 is 10.2 Å². The van der Waals surface area contributed by atoms with Gasteiger partial charge in [0.2, 0.25) is 0 Å². The third-order valence-electron chi connectivity index (χ3n) is 4.45. The number of hydrogen-bond acceptors (Lipinski definition) is 6. The van der Waals surface area contributed by atoms with Crippen molar-refractivity contribution in [1.82, 2.24) is 10.3 Å². The Morgan fingerprint density at radius 1 is 1.50 bits per heavy atom. The molecular weight excluding hydrogens is 418 g/mol. The highest BCUT2D eigenvalue weighted by Crippen LogP contribution is 2.33. The molecule has 28 heavy (non-hydrogen) atoms. The summed E-state index contributed by atoms with van der Waals surface area (Å²) in [5.74, 6) is -0.313. The number of aromatic nitrogens is 1. The van der Waals surface area contributed by atoms with E-state index in [0.717, 1.165) is 20.9 Å². The fourth-order valence-electron chi connectivity index (χ4n) is 3.01. The lowest BCUT2D eigenvalue weighted by Gasteiger charge is -2.14. The number of pyridine rings is 1. The number of thiocarbonyl (C=S) groups is 1. The van der Waals surface area contributed by atoms with Crippen LogP contribution in [0.15, 0.2) is 41.0 Å². The smallest absolute Gasteiger partial charge is 0.415 e. The molecule has 0 spiro atoms. The van der Waals surface area contributed by atoms with Crippen LogP contribution in [0.5, 0.6) is 0 Å². The molecule has 1 aliphatic heterocycles. The van der Waals surface area contributed by atoms with Gasteiger partial charge >= 0.3 is 6.09 Å². The molecule has 3 heterocycles. The number of nitrogens with one attached hydrogen (secondary N) is 1. The van der Waals surface area contributed by atoms with Gasteiger partial charge in [0.15, 0.2) is 0 Å². The van der Waals surface area contributed by atoms with E-state index in [1.807, 2.05) is 25.1 Å². The van der Waals surface area contributed by atoms with Gasteiger partial charge in [0, 0.05) is 27.4 Å². The Morgan fingerprint density at radius 3 is 3.14 bits per heavy atom. The number of allylic oxidation sites excluding steroid dienone is 3. The number of nitrogens with zero attached hydrogens (tertiary/aromatic N) is 2. The fourth-order valence-corrected chi connectivity index (χ4v) is 4.51. The number of amides is 2. The van der Waals surface area contributed by atoms with E-state index in [-0.39, 0.29) is 12.5 Å². The Balaban J connectivity index is 1.41. The van der Waals surface area contributed by atoms with Gasteiger partial charge in [0.1, 0.15) is 15.9 Å². The third kappa shape index (κ3) is 3.80. The van der Waals surface area contributed by atoms with Crippen molar-refractivity contribution >= 4 is 67.2 Å². The first-order valence-corrected chi connectivity index (χ1v) is 10.2. The van der Waals surface area contributed by atoms with Gasteiger partial charge in [-0.3, -0.25) is 9.69 Å². The predicted molar refractivity (Wildman–Crippen MR) is 114 cm³/mol. The van der Waals surface area contributed by atoms with E-state index in [1.165, 1.54) is 11.3 Å². The number of carbonyl (C=O) groups excluding carboxylic acids is 2. The van der Waals surface area contributed by atoms with E-state index >= 15 is 0 Å². The number of carbonyl (C=O) groups is 2. The first-order valence-electron chi connectivity index (χ1n) is 8.65. The minimum absolute atomic E-state index is 0.199. The normalized spacial score (nSPS) is 19.5. The number of aryl methyl sites for hydroxylation is 1. The summed E-state index contributed by atoms with van der Waals surface area (Å²) in [6, 6.07) is 5.84. The predicted octanol–water partition coefficient (Wildman–Crippen LogP) is 3.87. The average Bonchev–Trinajstić information content (AvgIpc) is 3.24. The van der Waals surface area contributed by atoms with Crippen molar-refractivity contribution in [3.8, 4) is 0 Å². The van der Waals surface area contributed by atoms with Crippen LogP contribution in [-0.2, 0) is 9.53 Å². The summed E-state index contributed by atoms with van der Waals surface area (Å²) in [6.07, 6.45) is 2.92. The highest BCUT2D eigenvalue weighted by Gasteiger charge is 2.34. The van der Waals surface area contributed by atoms with E-state index in [9.17, 15) is 9.59 Å². The van der Waals surface area contributed by atoms with Crippen LogP contribution >= 0.6 is 35.2 Å². The van der Waals surface area contributed by atoms with Crippen molar-refractivity contribution in [3.63, 3.8) is 0 Å². The van der Waals surface area contributed by atoms with Crippen molar-refractivity contribution in [3.05, 3.63) is 46.7 Å². The van der Waals surface area contributed by atoms with E-state index < -0.39 is 12.2 Å². The number of halogens is 1. The van der Waals surface area contributed by atoms with Crippen molar-refractivity contribution in [2.24, 2.45) is 0 Å². The summed E-state index contributed by atoms with van der Waals surface area (Å²) in [4.78, 5) is 32.1. The molecule has 0 saturated carbocycles. The molecule has 2 amide bonds. The number of rotatable bonds is 4. The van der Waals surface area contributed by atoms with Gasteiger partial charge in [0.05, 0.1) is 18.7 Å². The zero-order valence-corrected chi connectivity index (χ0v) is 17.3. The maximum atomic E-state index is 12.4. The Hall–Kier alpha value is -2.29. The third-order valence-corrected chi connectivity index (χ3v) is 6.17. The SMILES string of the molecule is Cc1ccc2cc(N3C[C@H](CNC(=O)C4=CC(Cl)=CCC4=S)OC3=O)sc2n1. The van der Waals surface area contributed by atoms with Crippen LogP contribution in [0.3, 0.4) is 0 Å². The highest BCUT2D eigenvalue weighted by molar-refractivity contribution is 7.81. The Bertz CT molecular complexity index is 1060. The van der Waals surface area contributed by atoms with Crippen molar-refractivity contribution < 1.29 is 14.3 Å². The maximum Gasteiger partial charge on any atom is 0.415 e. The number of anilines is 1. The Labute approximate surface area is 175 Å². The minimum atomic E-state index is -0.444. The molecule has 1 fully saturated rings. The first-order chi connectivity index (χ1) is 13.4. The molecule has 9 heteroatoms. The quantitative estimate of drug-likeness (QED) is 0.741. The van der Waals surface area contributed by atoms with Crippen LogP contribution in [0.25, 0.3) is 10.2 Å². The molecule has 0 radical (unpaired) electrons. The Morgan fingerprint density at radius 2 is 2.32 bits per heavy atom. The second-order valence-electron chi connectivity index (χ2n) is 6.53. The average molecular weight is 434 g/mol. The summed E-state index contributed by atoms with van der Waals surface area (Å²) in [7, 11) is 0. The summed E-state index contributed by atoms with van der Waals surface area (Å²) in [6.45, 7) is 2.48. The maximum absolute atomic E-state index is 12.4. The van der Waals surface area contributed by atoms with Gasteiger partial charge in [-0.2, -0.15) is 0 Å². The van der Waals surface area contributed by atoms with Gasteiger partial charge < -0.3 is 10.1 Å². The van der Waals surface area contributed by atoms with Crippen LogP contribution in [0.1, 0.15) is 12.1 Å². The molecule has 0 aromatic carbocycles. The number of cyclic esters (lactones) is 1. The summed E-state index contributed by atoms with van der Waals surface area (Å²) in [5.41, 5.74) is 1.31. The van der Waals surface area contributed by atoms with Crippen LogP contribution in [0, 0.1) is 6.92 Å². The lowest BCUT2D eigenvalue weighted by Crippen LogP contribution is -2.36. The van der Waals surface area contributed by atoms with Crippen molar-refractivity contribution in [2.45, 2.75) is 19.4 Å². The number of thiophene rings is 1. The molecule has 1 N–H and O–H groups in total. The summed E-state index contributed by atoms with van der Waals surface area (Å²) >= 11 is 12.6. The molecule has 2 aromatic heterocycles. The minimum Gasteiger partial charge on any atom is -0.442 e. The summed E-state index contributed by atoms with van der Waals surface area (Å²) in [5, 5.41) is 5.03. The van der Waals surface area contributed by atoms with E-state index in [1.54, 1.807) is 17.1 Å². The lowest BCUT2D eigenvalue weighted by atomic mass is 10.0. The number of hydrogen-bond donors (Lipinski definition) is 1. The standard InChI is InChI=1S/C19H16ClN3O3S2/c1-10-2-3-11-6-16(28-18(11)22-10)23-9-13(26-19(23)25)8-21-17(24)14-7-12(20)4-5-15(14)27/h2-4,6-7,13H,5,8-9H2,1H3,(H,21,24)/t13-/m0/s1. The summed E-state index contributed by atoms with van der Waals surface area (Å²) < 4.78 is 5.40. The molecule has 4 rings (SSSR count). The van der Waals surface area contributed by atoms with Crippen LogP contribution in [0.2, 0.25) is 0 Å². The fraction of sp³-hybridized carbons (Fsp3) is 0.263. The molecule has 6 nitrogen and oxygen atoms in total. The van der Waals surface area contributed by atoms with Gasteiger partial charge in [-0.05, 0) is 25.1 Å². The van der Waals surface area contributed by atoms with Gasteiger partial charge in [-0.1, -0.05) is 47.3 Å². The van der Waals surface area contributed by atoms with E-state index in [4.69, 9.17) is 28.6 Å². The Kier molecular flexibility index (Phi) is 5.18. The molecule has 144 valence electrons. The zero-order valence-electron chi connectivity index (χ0n) is 14.9. The van der Waals surface area contributed by atoms with E-state index in [2.05, 4.69) is 10.3 Å². The number of fused-ring (bicyclic) bond motifs is 1. The van der Waals surface area contributed by atoms with Gasteiger partial charge in [-0.15, -0.1) is 0 Å². The second-order valence-corrected chi connectivity index (χ2v) is 8.47.